The molecule has 0 aliphatic carbocycles. The van der Waals surface area contributed by atoms with E-state index in [0.29, 0.717) is 6.54 Å². The Morgan fingerprint density at radius 2 is 2.08 bits per heavy atom. The number of nitrogens with one attached hydrogen (secondary N) is 1. The number of imidazole rings is 1. The molecule has 0 spiro atoms. The van der Waals surface area contributed by atoms with Crippen molar-refractivity contribution in [2.45, 2.75) is 20.0 Å². The lowest BCUT2D eigenvalue weighted by molar-refractivity contribution is -0.121. The molecule has 1 rings (SSSR count). The predicted molar refractivity (Wildman–Crippen MR) is 48.4 cm³/mol. The van der Waals surface area contributed by atoms with Gasteiger partial charge in [0.25, 0.3) is 0 Å². The van der Waals surface area contributed by atoms with E-state index < -0.39 is 0 Å². The van der Waals surface area contributed by atoms with Gasteiger partial charge >= 0.3 is 5.69 Å². The zero-order valence-electron chi connectivity index (χ0n) is 7.78. The zero-order valence-corrected chi connectivity index (χ0v) is 7.78. The standard InChI is InChI=1S/C8H13N3O2/c1-3-10-4-5-11(8(10)13)6-7(12)9-2/h4-5H,3,6H2,1-2H3,(H,9,12). The van der Waals surface area contributed by atoms with Crippen LogP contribution in [-0.4, -0.2) is 22.1 Å². The maximum atomic E-state index is 11.4. The van der Waals surface area contributed by atoms with Gasteiger partial charge < -0.3 is 5.32 Å². The van der Waals surface area contributed by atoms with Gasteiger partial charge in [0.15, 0.2) is 0 Å². The number of hydrogen-bond donors (Lipinski definition) is 1. The van der Waals surface area contributed by atoms with E-state index in [4.69, 9.17) is 0 Å². The average Bonchev–Trinajstić information content (AvgIpc) is 2.48. The van der Waals surface area contributed by atoms with Gasteiger partial charge in [0, 0.05) is 26.0 Å². The van der Waals surface area contributed by atoms with Crippen LogP contribution in [0.3, 0.4) is 0 Å². The van der Waals surface area contributed by atoms with Crippen molar-refractivity contribution in [3.63, 3.8) is 0 Å². The first-order valence-corrected chi connectivity index (χ1v) is 4.15. The van der Waals surface area contributed by atoms with Crippen LogP contribution in [0.5, 0.6) is 0 Å². The molecule has 5 heteroatoms. The van der Waals surface area contributed by atoms with Crippen LogP contribution in [0.4, 0.5) is 0 Å². The van der Waals surface area contributed by atoms with Crippen molar-refractivity contribution >= 4 is 5.91 Å². The summed E-state index contributed by atoms with van der Waals surface area (Å²) in [6.45, 7) is 2.59. The Bertz CT molecular complexity index is 351. The van der Waals surface area contributed by atoms with Crippen LogP contribution in [0.2, 0.25) is 0 Å². The van der Waals surface area contributed by atoms with E-state index in [9.17, 15) is 9.59 Å². The number of aromatic nitrogens is 2. The van der Waals surface area contributed by atoms with Gasteiger partial charge in [-0.05, 0) is 6.92 Å². The maximum absolute atomic E-state index is 11.4. The van der Waals surface area contributed by atoms with E-state index in [1.165, 1.54) is 4.57 Å². The summed E-state index contributed by atoms with van der Waals surface area (Å²) in [7, 11) is 1.55. The highest BCUT2D eigenvalue weighted by molar-refractivity contribution is 5.75. The van der Waals surface area contributed by atoms with Crippen LogP contribution in [0.15, 0.2) is 17.2 Å². The summed E-state index contributed by atoms with van der Waals surface area (Å²) in [6.07, 6.45) is 3.28. The number of hydrogen-bond acceptors (Lipinski definition) is 2. The molecule has 13 heavy (non-hydrogen) atoms. The third kappa shape index (κ3) is 1.99. The number of rotatable bonds is 3. The van der Waals surface area contributed by atoms with Crippen molar-refractivity contribution in [1.29, 1.82) is 0 Å². The molecule has 0 bridgehead atoms. The SMILES string of the molecule is CCn1ccn(CC(=O)NC)c1=O. The van der Waals surface area contributed by atoms with E-state index in [0.717, 1.165) is 0 Å². The first kappa shape index (κ1) is 9.57. The quantitative estimate of drug-likeness (QED) is 0.681. The third-order valence-electron chi connectivity index (χ3n) is 1.85. The summed E-state index contributed by atoms with van der Waals surface area (Å²) in [5.41, 5.74) is -0.147. The molecule has 0 aliphatic rings. The van der Waals surface area contributed by atoms with Crippen molar-refractivity contribution in [3.05, 3.63) is 22.9 Å². The molecule has 72 valence electrons. The fourth-order valence-corrected chi connectivity index (χ4v) is 1.05. The average molecular weight is 183 g/mol. The Labute approximate surface area is 76.0 Å². The molecule has 0 atom stereocenters. The molecule has 1 aromatic rings. The second-order valence-corrected chi connectivity index (χ2v) is 2.67. The van der Waals surface area contributed by atoms with Crippen LogP contribution >= 0.6 is 0 Å². The highest BCUT2D eigenvalue weighted by Crippen LogP contribution is 1.84. The van der Waals surface area contributed by atoms with Crippen LogP contribution in [0.1, 0.15) is 6.92 Å². The van der Waals surface area contributed by atoms with Crippen LogP contribution in [0, 0.1) is 0 Å². The van der Waals surface area contributed by atoms with Gasteiger partial charge in [0.1, 0.15) is 6.54 Å². The number of carbonyl (C=O) groups is 1. The molecule has 1 aromatic heterocycles. The Morgan fingerprint density at radius 1 is 1.46 bits per heavy atom. The van der Waals surface area contributed by atoms with Gasteiger partial charge in [-0.3, -0.25) is 13.9 Å². The van der Waals surface area contributed by atoms with Crippen molar-refractivity contribution in [2.24, 2.45) is 0 Å². The van der Waals surface area contributed by atoms with Crippen LogP contribution in [0.25, 0.3) is 0 Å². The van der Waals surface area contributed by atoms with Crippen molar-refractivity contribution < 1.29 is 4.79 Å². The molecule has 1 amide bonds. The lowest BCUT2D eigenvalue weighted by Gasteiger charge is -1.99. The molecule has 0 unspecified atom stereocenters. The molecule has 0 fully saturated rings. The number of amides is 1. The Balaban J connectivity index is 2.84. The zero-order chi connectivity index (χ0) is 9.84. The Hall–Kier alpha value is -1.52. The van der Waals surface area contributed by atoms with Gasteiger partial charge in [-0.2, -0.15) is 0 Å². The topological polar surface area (TPSA) is 56.0 Å². The summed E-state index contributed by atoms with van der Waals surface area (Å²) >= 11 is 0. The fourth-order valence-electron chi connectivity index (χ4n) is 1.05. The van der Waals surface area contributed by atoms with Crippen molar-refractivity contribution in [1.82, 2.24) is 14.5 Å². The fraction of sp³-hybridized carbons (Fsp3) is 0.500. The van der Waals surface area contributed by atoms with Gasteiger partial charge in [-0.25, -0.2) is 4.79 Å². The van der Waals surface area contributed by atoms with E-state index in [-0.39, 0.29) is 18.1 Å². The molecule has 0 radical (unpaired) electrons. The Morgan fingerprint density at radius 3 is 2.54 bits per heavy atom. The molecular weight excluding hydrogens is 170 g/mol. The van der Waals surface area contributed by atoms with Crippen molar-refractivity contribution in [2.75, 3.05) is 7.05 Å². The predicted octanol–water partition coefficient (Wildman–Crippen LogP) is -0.584. The molecule has 0 aromatic carbocycles. The summed E-state index contributed by atoms with van der Waals surface area (Å²) in [5.74, 6) is -0.170. The smallest absolute Gasteiger partial charge is 0.328 e. The van der Waals surface area contributed by atoms with Gasteiger partial charge in [0.2, 0.25) is 5.91 Å². The van der Waals surface area contributed by atoms with Crippen LogP contribution in [-0.2, 0) is 17.9 Å². The first-order valence-electron chi connectivity index (χ1n) is 4.15. The monoisotopic (exact) mass is 183 g/mol. The van der Waals surface area contributed by atoms with E-state index in [2.05, 4.69) is 5.32 Å². The Kier molecular flexibility index (Phi) is 2.89. The largest absolute Gasteiger partial charge is 0.358 e. The summed E-state index contributed by atoms with van der Waals surface area (Å²) in [6, 6.07) is 0. The minimum Gasteiger partial charge on any atom is -0.358 e. The number of aryl methyl sites for hydroxylation is 1. The first-order chi connectivity index (χ1) is 6.19. The summed E-state index contributed by atoms with van der Waals surface area (Å²) < 4.78 is 2.92. The molecule has 0 saturated carbocycles. The minimum absolute atomic E-state index is 0.0856. The molecule has 0 aliphatic heterocycles. The highest BCUT2D eigenvalue weighted by atomic mass is 16.2. The second kappa shape index (κ2) is 3.93. The molecular formula is C8H13N3O2. The lowest BCUT2D eigenvalue weighted by atomic mass is 10.6. The van der Waals surface area contributed by atoms with Gasteiger partial charge in [-0.15, -0.1) is 0 Å². The number of nitrogens with zero attached hydrogens (tertiary/aromatic N) is 2. The third-order valence-corrected chi connectivity index (χ3v) is 1.85. The maximum Gasteiger partial charge on any atom is 0.328 e. The van der Waals surface area contributed by atoms with Crippen molar-refractivity contribution in [3.8, 4) is 0 Å². The lowest BCUT2D eigenvalue weighted by Crippen LogP contribution is -2.30. The number of likely N-dealkylation sites (N-methyl/N-ethyl adjacent to an activating group) is 1. The second-order valence-electron chi connectivity index (χ2n) is 2.67. The minimum atomic E-state index is -0.170. The molecule has 1 N–H and O–H groups in total. The van der Waals surface area contributed by atoms with Crippen LogP contribution < -0.4 is 11.0 Å². The van der Waals surface area contributed by atoms with E-state index in [1.807, 2.05) is 6.92 Å². The molecule has 5 nitrogen and oxygen atoms in total. The van der Waals surface area contributed by atoms with E-state index in [1.54, 1.807) is 24.0 Å². The normalized spacial score (nSPS) is 10.0. The van der Waals surface area contributed by atoms with E-state index >= 15 is 0 Å². The molecule has 0 saturated heterocycles. The molecule has 1 heterocycles. The van der Waals surface area contributed by atoms with Gasteiger partial charge in [0.05, 0.1) is 0 Å². The summed E-state index contributed by atoms with van der Waals surface area (Å²) in [4.78, 5) is 22.3. The van der Waals surface area contributed by atoms with Gasteiger partial charge in [-0.1, -0.05) is 0 Å². The highest BCUT2D eigenvalue weighted by Gasteiger charge is 2.04. The summed E-state index contributed by atoms with van der Waals surface area (Å²) in [5, 5.41) is 2.46. The number of carbonyl (C=O) groups excluding carboxylic acids is 1.